The van der Waals surface area contributed by atoms with Crippen LogP contribution in [0.25, 0.3) is 0 Å². The van der Waals surface area contributed by atoms with Crippen LogP contribution < -0.4 is 0 Å². The summed E-state index contributed by atoms with van der Waals surface area (Å²) in [5, 5.41) is 0. The number of rotatable bonds is 61. The second-order valence-electron chi connectivity index (χ2n) is 22.4. The minimum Gasteiger partial charge on any atom is -0.462 e. The van der Waals surface area contributed by atoms with Crippen LogP contribution in [-0.2, 0) is 28.6 Å². The first-order valence-electron chi connectivity index (χ1n) is 33.6. The summed E-state index contributed by atoms with van der Waals surface area (Å²) in [6, 6.07) is 0. The zero-order chi connectivity index (χ0) is 56.4. The number of carbonyl (C=O) groups is 3. The van der Waals surface area contributed by atoms with Gasteiger partial charge >= 0.3 is 17.9 Å². The molecule has 78 heavy (non-hydrogen) atoms. The number of hydrogen-bond acceptors (Lipinski definition) is 6. The topological polar surface area (TPSA) is 78.9 Å². The lowest BCUT2D eigenvalue weighted by atomic mass is 10.0. The zero-order valence-electron chi connectivity index (χ0n) is 51.7. The molecule has 0 aromatic heterocycles. The van der Waals surface area contributed by atoms with Crippen LogP contribution in [-0.4, -0.2) is 37.2 Å². The monoisotopic (exact) mass is 1090 g/mol. The second kappa shape index (κ2) is 66.1. The molecular formula is C72H126O6. The summed E-state index contributed by atoms with van der Waals surface area (Å²) in [4.78, 5) is 38.3. The van der Waals surface area contributed by atoms with Gasteiger partial charge < -0.3 is 14.2 Å². The third-order valence-corrected chi connectivity index (χ3v) is 14.6. The lowest BCUT2D eigenvalue weighted by Crippen LogP contribution is -2.30. The zero-order valence-corrected chi connectivity index (χ0v) is 51.7. The first-order chi connectivity index (χ1) is 38.5. The van der Waals surface area contributed by atoms with Crippen LogP contribution >= 0.6 is 0 Å². The molecule has 1 unspecified atom stereocenters. The fraction of sp³-hybridized carbons (Fsp3) is 0.764. The van der Waals surface area contributed by atoms with E-state index in [1.165, 1.54) is 167 Å². The van der Waals surface area contributed by atoms with E-state index >= 15 is 0 Å². The third-order valence-electron chi connectivity index (χ3n) is 14.6. The first-order valence-corrected chi connectivity index (χ1v) is 33.6. The van der Waals surface area contributed by atoms with Crippen molar-refractivity contribution in [3.05, 3.63) is 85.1 Å². The SMILES string of the molecule is CCC/C=C\C/C=C\CCCCCCCC(=O)OCC(COC(=O)CCCCCCCCCCCCCCCCCC/C=C\C/C=C\C/C=C\CCCCCCC)OC(=O)CCCCCCC/C=C\C/C=C\CCCCCC. The fourth-order valence-electron chi connectivity index (χ4n) is 9.52. The molecule has 0 radical (unpaired) electrons. The Bertz CT molecular complexity index is 1480. The quantitative estimate of drug-likeness (QED) is 0.0261. The highest BCUT2D eigenvalue weighted by Crippen LogP contribution is 2.17. The van der Waals surface area contributed by atoms with Crippen LogP contribution in [0.4, 0.5) is 0 Å². The van der Waals surface area contributed by atoms with Crippen LogP contribution in [0.15, 0.2) is 85.1 Å². The van der Waals surface area contributed by atoms with E-state index in [0.29, 0.717) is 19.3 Å². The van der Waals surface area contributed by atoms with E-state index in [0.717, 1.165) is 128 Å². The van der Waals surface area contributed by atoms with Gasteiger partial charge in [0, 0.05) is 19.3 Å². The fourth-order valence-corrected chi connectivity index (χ4v) is 9.52. The van der Waals surface area contributed by atoms with Gasteiger partial charge in [-0.15, -0.1) is 0 Å². The minimum absolute atomic E-state index is 0.0849. The van der Waals surface area contributed by atoms with Gasteiger partial charge in [0.05, 0.1) is 0 Å². The van der Waals surface area contributed by atoms with E-state index in [4.69, 9.17) is 14.2 Å². The number of carbonyl (C=O) groups excluding carboxylic acids is 3. The smallest absolute Gasteiger partial charge is 0.306 e. The molecule has 0 fully saturated rings. The molecule has 0 saturated heterocycles. The second-order valence-corrected chi connectivity index (χ2v) is 22.4. The van der Waals surface area contributed by atoms with Crippen molar-refractivity contribution in [2.75, 3.05) is 13.2 Å². The van der Waals surface area contributed by atoms with Crippen molar-refractivity contribution < 1.29 is 28.6 Å². The van der Waals surface area contributed by atoms with Crippen molar-refractivity contribution >= 4 is 17.9 Å². The Kier molecular flexibility index (Phi) is 63.2. The number of allylic oxidation sites excluding steroid dienone is 14. The van der Waals surface area contributed by atoms with Gasteiger partial charge in [-0.3, -0.25) is 14.4 Å². The predicted octanol–water partition coefficient (Wildman–Crippen LogP) is 23.1. The molecule has 0 N–H and O–H groups in total. The lowest BCUT2D eigenvalue weighted by molar-refractivity contribution is -0.167. The summed E-state index contributed by atoms with van der Waals surface area (Å²) >= 11 is 0. The average molecular weight is 1090 g/mol. The van der Waals surface area contributed by atoms with Crippen LogP contribution in [0.5, 0.6) is 0 Å². The molecule has 0 aliphatic heterocycles. The number of ether oxygens (including phenoxy) is 3. The number of hydrogen-bond donors (Lipinski definition) is 0. The minimum atomic E-state index is -0.790. The molecule has 450 valence electrons. The van der Waals surface area contributed by atoms with Crippen molar-refractivity contribution in [1.29, 1.82) is 0 Å². The highest BCUT2D eigenvalue weighted by Gasteiger charge is 2.19. The standard InChI is InChI=1S/C72H126O6/c1-4-7-10-13-16-19-22-25-27-29-30-31-32-33-34-35-36-37-38-39-40-41-42-43-45-47-50-53-56-59-62-65-71(74)77-68-69(67-76-70(73)64-61-58-55-52-49-46-24-21-18-15-12-9-6-3)78-72(75)66-63-60-57-54-51-48-44-28-26-23-20-17-14-11-8-5-2/h12,15,20-25,28-30,32-33,44,69H,4-11,13-14,16-19,26-27,31,34-43,45-68H2,1-3H3/b15-12-,23-20-,24-21-,25-22-,30-29-,33-32-,44-28-. The van der Waals surface area contributed by atoms with Gasteiger partial charge in [0.15, 0.2) is 6.10 Å². The van der Waals surface area contributed by atoms with Gasteiger partial charge in [-0.05, 0) is 116 Å². The molecule has 0 saturated carbocycles. The maximum Gasteiger partial charge on any atom is 0.306 e. The largest absolute Gasteiger partial charge is 0.462 e. The Morgan fingerprint density at radius 2 is 0.487 bits per heavy atom. The molecule has 1 atom stereocenters. The van der Waals surface area contributed by atoms with Crippen LogP contribution in [0.3, 0.4) is 0 Å². The maximum atomic E-state index is 12.9. The van der Waals surface area contributed by atoms with Crippen molar-refractivity contribution in [1.82, 2.24) is 0 Å². The van der Waals surface area contributed by atoms with Crippen LogP contribution in [0, 0.1) is 0 Å². The van der Waals surface area contributed by atoms with E-state index in [1.54, 1.807) is 0 Å². The molecular weight excluding hydrogens is 961 g/mol. The van der Waals surface area contributed by atoms with E-state index in [1.807, 2.05) is 0 Å². The third kappa shape index (κ3) is 63.4. The molecule has 0 rings (SSSR count). The van der Waals surface area contributed by atoms with Crippen LogP contribution in [0.1, 0.15) is 335 Å². The summed E-state index contributed by atoms with van der Waals surface area (Å²) < 4.78 is 16.9. The molecule has 6 nitrogen and oxygen atoms in total. The van der Waals surface area contributed by atoms with Gasteiger partial charge in [0.25, 0.3) is 0 Å². The molecule has 0 heterocycles. The summed E-state index contributed by atoms with van der Waals surface area (Å²) in [5.74, 6) is -0.901. The predicted molar refractivity (Wildman–Crippen MR) is 339 cm³/mol. The number of unbranched alkanes of at least 4 members (excludes halogenated alkanes) is 36. The molecule has 0 spiro atoms. The maximum absolute atomic E-state index is 12.9. The molecule has 0 amide bonds. The van der Waals surface area contributed by atoms with Gasteiger partial charge in [0.1, 0.15) is 13.2 Å². The summed E-state index contributed by atoms with van der Waals surface area (Å²) in [6.45, 7) is 6.55. The van der Waals surface area contributed by atoms with E-state index in [2.05, 4.69) is 106 Å². The van der Waals surface area contributed by atoms with Crippen molar-refractivity contribution in [2.45, 2.75) is 341 Å². The molecule has 0 aliphatic rings. The van der Waals surface area contributed by atoms with E-state index < -0.39 is 6.10 Å². The van der Waals surface area contributed by atoms with E-state index in [9.17, 15) is 14.4 Å². The average Bonchev–Trinajstić information content (AvgIpc) is 3.44. The number of esters is 3. The van der Waals surface area contributed by atoms with Crippen molar-refractivity contribution in [2.24, 2.45) is 0 Å². The molecule has 0 aliphatic carbocycles. The van der Waals surface area contributed by atoms with Gasteiger partial charge in [-0.1, -0.05) is 286 Å². The molecule has 0 aromatic carbocycles. The van der Waals surface area contributed by atoms with Crippen molar-refractivity contribution in [3.8, 4) is 0 Å². The highest BCUT2D eigenvalue weighted by atomic mass is 16.6. The van der Waals surface area contributed by atoms with Crippen molar-refractivity contribution in [3.63, 3.8) is 0 Å². The Balaban J connectivity index is 4.20. The summed E-state index contributed by atoms with van der Waals surface area (Å²) in [6.07, 6.45) is 87.5. The first kappa shape index (κ1) is 74.6. The van der Waals surface area contributed by atoms with E-state index in [-0.39, 0.29) is 31.1 Å². The van der Waals surface area contributed by atoms with Crippen LogP contribution in [0.2, 0.25) is 0 Å². The van der Waals surface area contributed by atoms with Gasteiger partial charge in [-0.25, -0.2) is 0 Å². The Morgan fingerprint density at radius 1 is 0.256 bits per heavy atom. The molecule has 6 heteroatoms. The Labute approximate surface area is 484 Å². The van der Waals surface area contributed by atoms with Gasteiger partial charge in [0.2, 0.25) is 0 Å². The molecule has 0 aromatic rings. The highest BCUT2D eigenvalue weighted by molar-refractivity contribution is 5.71. The molecule has 0 bridgehead atoms. The summed E-state index contributed by atoms with van der Waals surface area (Å²) in [7, 11) is 0. The van der Waals surface area contributed by atoms with Gasteiger partial charge in [-0.2, -0.15) is 0 Å². The Morgan fingerprint density at radius 3 is 0.782 bits per heavy atom. The summed E-state index contributed by atoms with van der Waals surface area (Å²) in [5.41, 5.74) is 0. The Hall–Kier alpha value is -3.41. The normalized spacial score (nSPS) is 12.6. The lowest BCUT2D eigenvalue weighted by Gasteiger charge is -2.18.